The highest BCUT2D eigenvalue weighted by Gasteiger charge is 2.37. The molecule has 0 saturated carbocycles. The second-order valence-electron chi connectivity index (χ2n) is 5.02. The number of amides is 1. The topological polar surface area (TPSA) is 56.3 Å². The van der Waals surface area contributed by atoms with Gasteiger partial charge in [0, 0.05) is 24.5 Å². The first kappa shape index (κ1) is 11.2. The molecule has 2 N–H and O–H groups in total. The molecule has 2 rings (SSSR count). The molecule has 2 heterocycles. The standard InChI is InChI=1S/C12H18N2O2/c1-12(2)7-10(15)4-6-14(12)11(16)9-3-5-13-8-9/h3,5,8,10,13,15H,4,6-7H2,1-2H3. The summed E-state index contributed by atoms with van der Waals surface area (Å²) in [4.78, 5) is 16.9. The van der Waals surface area contributed by atoms with Gasteiger partial charge in [0.1, 0.15) is 0 Å². The molecule has 1 aliphatic heterocycles. The molecule has 0 aliphatic carbocycles. The Bertz CT molecular complexity index is 370. The Balaban J connectivity index is 2.18. The molecular formula is C12H18N2O2. The van der Waals surface area contributed by atoms with E-state index in [1.54, 1.807) is 18.5 Å². The van der Waals surface area contributed by atoms with Crippen LogP contribution in [0.2, 0.25) is 0 Å². The Hall–Kier alpha value is -1.29. The van der Waals surface area contributed by atoms with E-state index in [4.69, 9.17) is 0 Å². The summed E-state index contributed by atoms with van der Waals surface area (Å²) in [5.74, 6) is 0.0400. The highest BCUT2D eigenvalue weighted by Crippen LogP contribution is 2.28. The number of hydrogen-bond acceptors (Lipinski definition) is 2. The zero-order valence-electron chi connectivity index (χ0n) is 9.73. The number of aliphatic hydroxyl groups excluding tert-OH is 1. The predicted octanol–water partition coefficient (Wildman–Crippen LogP) is 1.39. The largest absolute Gasteiger partial charge is 0.393 e. The van der Waals surface area contributed by atoms with Gasteiger partial charge in [-0.05, 0) is 32.8 Å². The van der Waals surface area contributed by atoms with Crippen LogP contribution in [-0.4, -0.2) is 39.1 Å². The maximum atomic E-state index is 12.2. The van der Waals surface area contributed by atoms with Crippen molar-refractivity contribution in [1.29, 1.82) is 0 Å². The highest BCUT2D eigenvalue weighted by molar-refractivity contribution is 5.94. The Morgan fingerprint density at radius 1 is 1.62 bits per heavy atom. The predicted molar refractivity (Wildman–Crippen MR) is 61.1 cm³/mol. The summed E-state index contributed by atoms with van der Waals surface area (Å²) in [7, 11) is 0. The number of rotatable bonds is 1. The fourth-order valence-electron chi connectivity index (χ4n) is 2.36. The monoisotopic (exact) mass is 222 g/mol. The Morgan fingerprint density at radius 3 is 2.94 bits per heavy atom. The lowest BCUT2D eigenvalue weighted by Gasteiger charge is -2.44. The van der Waals surface area contributed by atoms with E-state index >= 15 is 0 Å². The van der Waals surface area contributed by atoms with Crippen molar-refractivity contribution in [3.63, 3.8) is 0 Å². The average Bonchev–Trinajstić information content (AvgIpc) is 2.67. The molecule has 1 amide bonds. The first-order valence-corrected chi connectivity index (χ1v) is 5.63. The molecule has 1 aromatic heterocycles. The lowest BCUT2D eigenvalue weighted by Crippen LogP contribution is -2.54. The Morgan fingerprint density at radius 2 is 2.38 bits per heavy atom. The number of carbonyl (C=O) groups is 1. The molecule has 1 saturated heterocycles. The van der Waals surface area contributed by atoms with E-state index in [0.29, 0.717) is 24.9 Å². The second kappa shape index (κ2) is 3.94. The van der Waals surface area contributed by atoms with E-state index in [1.165, 1.54) is 0 Å². The van der Waals surface area contributed by atoms with Gasteiger partial charge in [0.25, 0.3) is 5.91 Å². The van der Waals surface area contributed by atoms with Gasteiger partial charge in [0.15, 0.2) is 0 Å². The molecule has 16 heavy (non-hydrogen) atoms. The van der Waals surface area contributed by atoms with Crippen molar-refractivity contribution in [2.24, 2.45) is 0 Å². The van der Waals surface area contributed by atoms with Crippen LogP contribution in [0.15, 0.2) is 18.5 Å². The number of carbonyl (C=O) groups excluding carboxylic acids is 1. The lowest BCUT2D eigenvalue weighted by atomic mass is 9.88. The summed E-state index contributed by atoms with van der Waals surface area (Å²) in [6.07, 6.45) is 4.48. The van der Waals surface area contributed by atoms with Crippen molar-refractivity contribution in [2.45, 2.75) is 38.3 Å². The first-order valence-electron chi connectivity index (χ1n) is 5.63. The quantitative estimate of drug-likeness (QED) is 0.754. The summed E-state index contributed by atoms with van der Waals surface area (Å²) in [6.45, 7) is 4.62. The number of H-pyrrole nitrogens is 1. The zero-order chi connectivity index (χ0) is 11.8. The van der Waals surface area contributed by atoms with E-state index in [9.17, 15) is 9.90 Å². The number of hydrogen-bond donors (Lipinski definition) is 2. The maximum Gasteiger partial charge on any atom is 0.255 e. The van der Waals surface area contributed by atoms with Crippen LogP contribution in [0.5, 0.6) is 0 Å². The summed E-state index contributed by atoms with van der Waals surface area (Å²) in [6, 6.07) is 1.78. The average molecular weight is 222 g/mol. The molecule has 0 aromatic carbocycles. The van der Waals surface area contributed by atoms with Crippen LogP contribution in [0.1, 0.15) is 37.0 Å². The number of aliphatic hydroxyl groups is 1. The number of piperidine rings is 1. The van der Waals surface area contributed by atoms with Gasteiger partial charge in [-0.3, -0.25) is 4.79 Å². The summed E-state index contributed by atoms with van der Waals surface area (Å²) in [5.41, 5.74) is 0.413. The molecule has 1 atom stereocenters. The normalized spacial score (nSPS) is 24.4. The zero-order valence-corrected chi connectivity index (χ0v) is 9.73. The van der Waals surface area contributed by atoms with Gasteiger partial charge in [-0.1, -0.05) is 0 Å². The molecule has 88 valence electrons. The molecule has 4 nitrogen and oxygen atoms in total. The molecule has 4 heteroatoms. The molecule has 1 unspecified atom stereocenters. The van der Waals surface area contributed by atoms with E-state index in [-0.39, 0.29) is 17.6 Å². The van der Waals surface area contributed by atoms with Crippen molar-refractivity contribution in [1.82, 2.24) is 9.88 Å². The van der Waals surface area contributed by atoms with Gasteiger partial charge < -0.3 is 15.0 Å². The molecule has 1 aromatic rings. The SMILES string of the molecule is CC1(C)CC(O)CCN1C(=O)c1cc[nH]c1. The van der Waals surface area contributed by atoms with Crippen LogP contribution in [0, 0.1) is 0 Å². The third-order valence-corrected chi connectivity index (χ3v) is 3.24. The van der Waals surface area contributed by atoms with Crippen LogP contribution in [0.4, 0.5) is 0 Å². The van der Waals surface area contributed by atoms with E-state index < -0.39 is 0 Å². The fraction of sp³-hybridized carbons (Fsp3) is 0.583. The van der Waals surface area contributed by atoms with Crippen LogP contribution in [0.3, 0.4) is 0 Å². The number of nitrogens with zero attached hydrogens (tertiary/aromatic N) is 1. The first-order chi connectivity index (χ1) is 7.50. The van der Waals surface area contributed by atoms with Crippen LogP contribution in [-0.2, 0) is 0 Å². The van der Waals surface area contributed by atoms with Gasteiger partial charge in [-0.2, -0.15) is 0 Å². The number of aromatic nitrogens is 1. The Labute approximate surface area is 95.3 Å². The summed E-state index contributed by atoms with van der Waals surface area (Å²) < 4.78 is 0. The molecular weight excluding hydrogens is 204 g/mol. The smallest absolute Gasteiger partial charge is 0.255 e. The van der Waals surface area contributed by atoms with E-state index in [2.05, 4.69) is 4.98 Å². The Kier molecular flexibility index (Phi) is 2.76. The van der Waals surface area contributed by atoms with E-state index in [0.717, 1.165) is 0 Å². The van der Waals surface area contributed by atoms with Crippen molar-refractivity contribution >= 4 is 5.91 Å². The third kappa shape index (κ3) is 1.97. The van der Waals surface area contributed by atoms with Gasteiger partial charge in [-0.15, -0.1) is 0 Å². The van der Waals surface area contributed by atoms with Crippen LogP contribution < -0.4 is 0 Å². The number of likely N-dealkylation sites (tertiary alicyclic amines) is 1. The second-order valence-corrected chi connectivity index (χ2v) is 5.02. The molecule has 0 bridgehead atoms. The lowest BCUT2D eigenvalue weighted by molar-refractivity contribution is 0.00331. The molecule has 1 aliphatic rings. The molecule has 1 fully saturated rings. The number of aromatic amines is 1. The summed E-state index contributed by atoms with van der Waals surface area (Å²) in [5, 5.41) is 9.63. The van der Waals surface area contributed by atoms with Gasteiger partial charge in [-0.25, -0.2) is 0 Å². The van der Waals surface area contributed by atoms with E-state index in [1.807, 2.05) is 18.7 Å². The van der Waals surface area contributed by atoms with Crippen molar-refractivity contribution < 1.29 is 9.90 Å². The van der Waals surface area contributed by atoms with Crippen molar-refractivity contribution in [2.75, 3.05) is 6.54 Å². The maximum absolute atomic E-state index is 12.2. The minimum absolute atomic E-state index is 0.0400. The third-order valence-electron chi connectivity index (χ3n) is 3.24. The minimum atomic E-state index is -0.287. The number of nitrogens with one attached hydrogen (secondary N) is 1. The van der Waals surface area contributed by atoms with Gasteiger partial charge >= 0.3 is 0 Å². The minimum Gasteiger partial charge on any atom is -0.393 e. The van der Waals surface area contributed by atoms with Crippen molar-refractivity contribution in [3.8, 4) is 0 Å². The fourth-order valence-corrected chi connectivity index (χ4v) is 2.36. The van der Waals surface area contributed by atoms with Crippen LogP contribution in [0.25, 0.3) is 0 Å². The van der Waals surface area contributed by atoms with Crippen LogP contribution >= 0.6 is 0 Å². The summed E-state index contributed by atoms with van der Waals surface area (Å²) >= 11 is 0. The molecule has 0 spiro atoms. The highest BCUT2D eigenvalue weighted by atomic mass is 16.3. The van der Waals surface area contributed by atoms with Crippen molar-refractivity contribution in [3.05, 3.63) is 24.0 Å². The van der Waals surface area contributed by atoms with Gasteiger partial charge in [0.2, 0.25) is 0 Å². The van der Waals surface area contributed by atoms with Gasteiger partial charge in [0.05, 0.1) is 11.7 Å². The molecule has 0 radical (unpaired) electrons.